The molecule has 1 N–H and O–H groups in total. The topological polar surface area (TPSA) is 52.7 Å². The van der Waals surface area contributed by atoms with Crippen molar-refractivity contribution in [3.8, 4) is 0 Å². The van der Waals surface area contributed by atoms with Gasteiger partial charge in [-0.05, 0) is 42.8 Å². The second-order valence-corrected chi connectivity index (χ2v) is 7.10. The number of nitrogens with one attached hydrogen (secondary N) is 1. The number of halogens is 1. The Hall–Kier alpha value is -2.89. The van der Waals surface area contributed by atoms with Crippen LogP contribution in [0.3, 0.4) is 0 Å². The van der Waals surface area contributed by atoms with E-state index in [1.54, 1.807) is 35.2 Å². The predicted molar refractivity (Wildman–Crippen MR) is 109 cm³/mol. The molecule has 1 heterocycles. The van der Waals surface area contributed by atoms with Gasteiger partial charge in [0.2, 0.25) is 5.91 Å². The zero-order valence-corrected chi connectivity index (χ0v) is 16.3. The number of benzene rings is 2. The van der Waals surface area contributed by atoms with Gasteiger partial charge in [0.15, 0.2) is 0 Å². The van der Waals surface area contributed by atoms with Gasteiger partial charge in [-0.15, -0.1) is 0 Å². The normalized spacial score (nSPS) is 15.2. The lowest BCUT2D eigenvalue weighted by molar-refractivity contribution is -0.119. The standard InChI is InChI=1S/C22H26FN3O2/c1-3-16(2)21(27)24-20-7-5-4-6-19(20)22(28)26-14-12-25(13-15-26)18-10-8-17(23)9-11-18/h4-11,16H,3,12-15H2,1-2H3,(H,24,27). The van der Waals surface area contributed by atoms with Crippen molar-refractivity contribution in [3.05, 3.63) is 59.9 Å². The molecular weight excluding hydrogens is 357 g/mol. The van der Waals surface area contributed by atoms with Crippen LogP contribution in [-0.4, -0.2) is 42.9 Å². The minimum atomic E-state index is -0.256. The number of carbonyl (C=O) groups is 2. The SMILES string of the molecule is CCC(C)C(=O)Nc1ccccc1C(=O)N1CCN(c2ccc(F)cc2)CC1. The Balaban J connectivity index is 1.67. The molecule has 6 heteroatoms. The van der Waals surface area contributed by atoms with Crippen LogP contribution in [0.25, 0.3) is 0 Å². The maximum atomic E-state index is 13.1. The molecule has 5 nitrogen and oxygen atoms in total. The molecule has 1 aliphatic rings. The molecular formula is C22H26FN3O2. The van der Waals surface area contributed by atoms with Crippen molar-refractivity contribution >= 4 is 23.2 Å². The summed E-state index contributed by atoms with van der Waals surface area (Å²) in [5, 5.41) is 2.89. The minimum Gasteiger partial charge on any atom is -0.368 e. The summed E-state index contributed by atoms with van der Waals surface area (Å²) in [5.74, 6) is -0.529. The maximum Gasteiger partial charge on any atom is 0.256 e. The summed E-state index contributed by atoms with van der Waals surface area (Å²) in [6.07, 6.45) is 0.743. The fourth-order valence-corrected chi connectivity index (χ4v) is 3.21. The molecule has 0 radical (unpaired) electrons. The van der Waals surface area contributed by atoms with Crippen LogP contribution in [0.5, 0.6) is 0 Å². The molecule has 2 aromatic carbocycles. The number of para-hydroxylation sites is 1. The lowest BCUT2D eigenvalue weighted by Gasteiger charge is -2.36. The number of amides is 2. The predicted octanol–water partition coefficient (Wildman–Crippen LogP) is 3.77. The lowest BCUT2D eigenvalue weighted by Crippen LogP contribution is -2.49. The van der Waals surface area contributed by atoms with E-state index in [0.29, 0.717) is 37.4 Å². The average molecular weight is 383 g/mol. The largest absolute Gasteiger partial charge is 0.368 e. The molecule has 0 bridgehead atoms. The summed E-state index contributed by atoms with van der Waals surface area (Å²) in [7, 11) is 0. The third-order valence-corrected chi connectivity index (χ3v) is 5.23. The Labute approximate surface area is 165 Å². The zero-order valence-electron chi connectivity index (χ0n) is 16.3. The Morgan fingerprint density at radius 1 is 1.04 bits per heavy atom. The van der Waals surface area contributed by atoms with Crippen LogP contribution in [0, 0.1) is 11.7 Å². The van der Waals surface area contributed by atoms with Crippen LogP contribution in [0.1, 0.15) is 30.6 Å². The van der Waals surface area contributed by atoms with Crippen molar-refractivity contribution in [2.45, 2.75) is 20.3 Å². The van der Waals surface area contributed by atoms with E-state index in [0.717, 1.165) is 12.1 Å². The molecule has 1 atom stereocenters. The van der Waals surface area contributed by atoms with Gasteiger partial charge in [-0.1, -0.05) is 26.0 Å². The summed E-state index contributed by atoms with van der Waals surface area (Å²) in [6, 6.07) is 13.5. The highest BCUT2D eigenvalue weighted by Crippen LogP contribution is 2.21. The van der Waals surface area contributed by atoms with Gasteiger partial charge in [0.05, 0.1) is 11.3 Å². The van der Waals surface area contributed by atoms with Crippen LogP contribution in [0.15, 0.2) is 48.5 Å². The summed E-state index contributed by atoms with van der Waals surface area (Å²) in [6.45, 7) is 6.33. The molecule has 0 aliphatic carbocycles. The van der Waals surface area contributed by atoms with E-state index < -0.39 is 0 Å². The molecule has 3 rings (SSSR count). The highest BCUT2D eigenvalue weighted by Gasteiger charge is 2.24. The van der Waals surface area contributed by atoms with E-state index >= 15 is 0 Å². The van der Waals surface area contributed by atoms with Crippen LogP contribution in [-0.2, 0) is 4.79 Å². The number of rotatable bonds is 5. The van der Waals surface area contributed by atoms with Crippen LogP contribution in [0.4, 0.5) is 15.8 Å². The molecule has 1 fully saturated rings. The number of piperazine rings is 1. The van der Waals surface area contributed by atoms with E-state index in [2.05, 4.69) is 10.2 Å². The molecule has 1 saturated heterocycles. The number of anilines is 2. The zero-order chi connectivity index (χ0) is 20.1. The number of hydrogen-bond donors (Lipinski definition) is 1. The first-order chi connectivity index (χ1) is 13.5. The molecule has 148 valence electrons. The molecule has 0 spiro atoms. The molecule has 28 heavy (non-hydrogen) atoms. The van der Waals surface area contributed by atoms with Crippen molar-refractivity contribution in [3.63, 3.8) is 0 Å². The van der Waals surface area contributed by atoms with E-state index in [9.17, 15) is 14.0 Å². The van der Waals surface area contributed by atoms with Gasteiger partial charge in [0.25, 0.3) is 5.91 Å². The van der Waals surface area contributed by atoms with Crippen molar-refractivity contribution in [2.24, 2.45) is 5.92 Å². The maximum absolute atomic E-state index is 13.1. The van der Waals surface area contributed by atoms with Gasteiger partial charge in [0.1, 0.15) is 5.82 Å². The quantitative estimate of drug-likeness (QED) is 0.855. The summed E-state index contributed by atoms with van der Waals surface area (Å²) in [4.78, 5) is 29.2. The average Bonchev–Trinajstić information content (AvgIpc) is 2.73. The highest BCUT2D eigenvalue weighted by atomic mass is 19.1. The first-order valence-corrected chi connectivity index (χ1v) is 9.69. The molecule has 0 saturated carbocycles. The second-order valence-electron chi connectivity index (χ2n) is 7.10. The van der Waals surface area contributed by atoms with E-state index in [1.165, 1.54) is 12.1 Å². The molecule has 0 aromatic heterocycles. The van der Waals surface area contributed by atoms with E-state index in [-0.39, 0.29) is 23.5 Å². The Kier molecular flexibility index (Phi) is 6.29. The first-order valence-electron chi connectivity index (χ1n) is 9.69. The smallest absolute Gasteiger partial charge is 0.256 e. The van der Waals surface area contributed by atoms with Gasteiger partial charge in [-0.3, -0.25) is 9.59 Å². The van der Waals surface area contributed by atoms with Gasteiger partial charge in [0, 0.05) is 37.8 Å². The van der Waals surface area contributed by atoms with Crippen molar-refractivity contribution in [1.29, 1.82) is 0 Å². The van der Waals surface area contributed by atoms with E-state index in [1.807, 2.05) is 19.9 Å². The fraction of sp³-hybridized carbons (Fsp3) is 0.364. The minimum absolute atomic E-state index is 0.0797. The third kappa shape index (κ3) is 4.50. The van der Waals surface area contributed by atoms with Crippen LogP contribution in [0.2, 0.25) is 0 Å². The Morgan fingerprint density at radius 2 is 1.68 bits per heavy atom. The summed E-state index contributed by atoms with van der Waals surface area (Å²) >= 11 is 0. The van der Waals surface area contributed by atoms with Gasteiger partial charge >= 0.3 is 0 Å². The van der Waals surface area contributed by atoms with Crippen molar-refractivity contribution in [1.82, 2.24) is 4.90 Å². The molecule has 2 aromatic rings. The van der Waals surface area contributed by atoms with Gasteiger partial charge in [-0.2, -0.15) is 0 Å². The summed E-state index contributed by atoms with van der Waals surface area (Å²) in [5.41, 5.74) is 2.02. The van der Waals surface area contributed by atoms with Crippen molar-refractivity contribution in [2.75, 3.05) is 36.4 Å². The monoisotopic (exact) mass is 383 g/mol. The third-order valence-electron chi connectivity index (χ3n) is 5.23. The van der Waals surface area contributed by atoms with Gasteiger partial charge < -0.3 is 15.1 Å². The number of nitrogens with zero attached hydrogens (tertiary/aromatic N) is 2. The Morgan fingerprint density at radius 3 is 2.32 bits per heavy atom. The molecule has 1 aliphatic heterocycles. The summed E-state index contributed by atoms with van der Waals surface area (Å²) < 4.78 is 13.1. The molecule has 2 amide bonds. The second kappa shape index (κ2) is 8.87. The van der Waals surface area contributed by atoms with Crippen LogP contribution >= 0.6 is 0 Å². The Bertz CT molecular complexity index is 830. The van der Waals surface area contributed by atoms with E-state index in [4.69, 9.17) is 0 Å². The van der Waals surface area contributed by atoms with Crippen molar-refractivity contribution < 1.29 is 14.0 Å². The molecule has 1 unspecified atom stereocenters. The first kappa shape index (κ1) is 19.9. The lowest BCUT2D eigenvalue weighted by atomic mass is 10.1. The highest BCUT2D eigenvalue weighted by molar-refractivity contribution is 6.04. The fourth-order valence-electron chi connectivity index (χ4n) is 3.21. The van der Waals surface area contributed by atoms with Gasteiger partial charge in [-0.25, -0.2) is 4.39 Å². The van der Waals surface area contributed by atoms with Crippen LogP contribution < -0.4 is 10.2 Å². The number of hydrogen-bond acceptors (Lipinski definition) is 3. The number of carbonyl (C=O) groups excluding carboxylic acids is 2.